The van der Waals surface area contributed by atoms with Crippen molar-refractivity contribution in [2.45, 2.75) is 58.4 Å². The lowest BCUT2D eigenvalue weighted by Gasteiger charge is -2.08. The fourth-order valence-electron chi connectivity index (χ4n) is 2.43. The van der Waals surface area contributed by atoms with Crippen molar-refractivity contribution in [1.82, 2.24) is 9.55 Å². The number of aromatic nitrogens is 2. The first-order valence-electron chi connectivity index (χ1n) is 7.22. The quantitative estimate of drug-likeness (QED) is 0.532. The summed E-state index contributed by atoms with van der Waals surface area (Å²) in [5.74, 6) is 2.01. The van der Waals surface area contributed by atoms with Crippen molar-refractivity contribution in [3.05, 3.63) is 29.6 Å². The van der Waals surface area contributed by atoms with Gasteiger partial charge < -0.3 is 4.57 Å². The van der Waals surface area contributed by atoms with Crippen LogP contribution in [0, 0.1) is 0 Å². The van der Waals surface area contributed by atoms with Gasteiger partial charge in [0.2, 0.25) is 0 Å². The zero-order chi connectivity index (χ0) is 13.8. The number of halogens is 1. The molecule has 0 spiro atoms. The third-order valence-corrected chi connectivity index (χ3v) is 3.86. The Bertz CT molecular complexity index is 543. The Hall–Kier alpha value is -1.02. The zero-order valence-corrected chi connectivity index (χ0v) is 12.9. The SMILES string of the molecule is CCCCCn1c(CCl)nc2cc(C(C)C)ccc21. The Kier molecular flexibility index (Phi) is 4.87. The first kappa shape index (κ1) is 14.4. The molecule has 104 valence electrons. The van der Waals surface area contributed by atoms with Crippen LogP contribution in [0.25, 0.3) is 11.0 Å². The highest BCUT2D eigenvalue weighted by atomic mass is 35.5. The smallest absolute Gasteiger partial charge is 0.124 e. The Morgan fingerprint density at radius 3 is 2.68 bits per heavy atom. The monoisotopic (exact) mass is 278 g/mol. The second-order valence-corrected chi connectivity index (χ2v) is 5.69. The van der Waals surface area contributed by atoms with Gasteiger partial charge >= 0.3 is 0 Å². The van der Waals surface area contributed by atoms with E-state index in [1.165, 1.54) is 30.3 Å². The van der Waals surface area contributed by atoms with Crippen LogP contribution in [-0.2, 0) is 12.4 Å². The van der Waals surface area contributed by atoms with Gasteiger partial charge in [0, 0.05) is 6.54 Å². The third kappa shape index (κ3) is 3.11. The molecule has 0 aliphatic heterocycles. The van der Waals surface area contributed by atoms with Gasteiger partial charge in [0.15, 0.2) is 0 Å². The number of hydrogen-bond donors (Lipinski definition) is 0. The maximum Gasteiger partial charge on any atom is 0.124 e. The molecule has 0 N–H and O–H groups in total. The summed E-state index contributed by atoms with van der Waals surface area (Å²) in [4.78, 5) is 4.68. The number of aryl methyl sites for hydroxylation is 1. The summed E-state index contributed by atoms with van der Waals surface area (Å²) in [6.07, 6.45) is 3.68. The molecule has 0 radical (unpaired) electrons. The largest absolute Gasteiger partial charge is 0.327 e. The number of rotatable bonds is 6. The number of imidazole rings is 1. The van der Waals surface area contributed by atoms with Crippen LogP contribution in [0.5, 0.6) is 0 Å². The standard InChI is InChI=1S/C16H23ClN2/c1-4-5-6-9-19-15-8-7-13(12(2)3)10-14(15)18-16(19)11-17/h7-8,10,12H,4-6,9,11H2,1-3H3. The van der Waals surface area contributed by atoms with Crippen molar-refractivity contribution in [3.8, 4) is 0 Å². The van der Waals surface area contributed by atoms with Gasteiger partial charge in [-0.1, -0.05) is 39.7 Å². The number of benzene rings is 1. The molecule has 0 bridgehead atoms. The van der Waals surface area contributed by atoms with E-state index in [9.17, 15) is 0 Å². The van der Waals surface area contributed by atoms with Crippen molar-refractivity contribution >= 4 is 22.6 Å². The first-order chi connectivity index (χ1) is 9.17. The van der Waals surface area contributed by atoms with E-state index in [0.717, 1.165) is 17.9 Å². The highest BCUT2D eigenvalue weighted by Crippen LogP contribution is 2.23. The fraction of sp³-hybridized carbons (Fsp3) is 0.562. The second-order valence-electron chi connectivity index (χ2n) is 5.42. The molecule has 0 fully saturated rings. The zero-order valence-electron chi connectivity index (χ0n) is 12.1. The molecule has 1 heterocycles. The Morgan fingerprint density at radius 2 is 2.05 bits per heavy atom. The Morgan fingerprint density at radius 1 is 1.26 bits per heavy atom. The average molecular weight is 279 g/mol. The molecule has 0 aliphatic rings. The van der Waals surface area contributed by atoms with Crippen LogP contribution in [0.2, 0.25) is 0 Å². The van der Waals surface area contributed by atoms with Gasteiger partial charge in [-0.15, -0.1) is 11.6 Å². The molecule has 19 heavy (non-hydrogen) atoms. The highest BCUT2D eigenvalue weighted by molar-refractivity contribution is 6.16. The van der Waals surface area contributed by atoms with Crippen LogP contribution < -0.4 is 0 Å². The van der Waals surface area contributed by atoms with Gasteiger partial charge in [-0.3, -0.25) is 0 Å². The molecule has 2 nitrogen and oxygen atoms in total. The van der Waals surface area contributed by atoms with Gasteiger partial charge in [-0.2, -0.15) is 0 Å². The predicted molar refractivity (Wildman–Crippen MR) is 82.9 cm³/mol. The van der Waals surface area contributed by atoms with Crippen molar-refractivity contribution in [3.63, 3.8) is 0 Å². The molecule has 0 aliphatic carbocycles. The minimum atomic E-state index is 0.484. The predicted octanol–water partition coefficient (Wildman–Crippen LogP) is 5.09. The summed E-state index contributed by atoms with van der Waals surface area (Å²) >= 11 is 6.04. The van der Waals surface area contributed by atoms with Crippen LogP contribution in [-0.4, -0.2) is 9.55 Å². The Labute approximate surface area is 120 Å². The summed E-state index contributed by atoms with van der Waals surface area (Å²) < 4.78 is 2.28. The maximum atomic E-state index is 6.04. The molecule has 1 aromatic heterocycles. The van der Waals surface area contributed by atoms with Gasteiger partial charge in [-0.05, 0) is 30.0 Å². The van der Waals surface area contributed by atoms with Crippen molar-refractivity contribution < 1.29 is 0 Å². The van der Waals surface area contributed by atoms with Crippen LogP contribution in [0.3, 0.4) is 0 Å². The van der Waals surface area contributed by atoms with Crippen molar-refractivity contribution in [1.29, 1.82) is 0 Å². The Balaban J connectivity index is 2.38. The molecule has 0 saturated carbocycles. The van der Waals surface area contributed by atoms with Crippen molar-refractivity contribution in [2.75, 3.05) is 0 Å². The fourth-order valence-corrected chi connectivity index (χ4v) is 2.63. The lowest BCUT2D eigenvalue weighted by molar-refractivity contribution is 0.600. The first-order valence-corrected chi connectivity index (χ1v) is 7.75. The minimum Gasteiger partial charge on any atom is -0.327 e. The topological polar surface area (TPSA) is 17.8 Å². The van der Waals surface area contributed by atoms with Crippen LogP contribution in [0.1, 0.15) is 57.3 Å². The lowest BCUT2D eigenvalue weighted by atomic mass is 10.0. The van der Waals surface area contributed by atoms with Crippen molar-refractivity contribution in [2.24, 2.45) is 0 Å². The molecule has 1 aromatic carbocycles. The molecule has 2 rings (SSSR count). The van der Waals surface area contributed by atoms with E-state index in [0.29, 0.717) is 11.8 Å². The summed E-state index contributed by atoms with van der Waals surface area (Å²) in [7, 11) is 0. The van der Waals surface area contributed by atoms with E-state index in [2.05, 4.69) is 48.5 Å². The highest BCUT2D eigenvalue weighted by Gasteiger charge is 2.11. The molecule has 0 atom stereocenters. The lowest BCUT2D eigenvalue weighted by Crippen LogP contribution is -2.02. The number of nitrogens with zero attached hydrogens (tertiary/aromatic N) is 2. The second kappa shape index (κ2) is 6.42. The number of fused-ring (bicyclic) bond motifs is 1. The molecule has 0 saturated heterocycles. The minimum absolute atomic E-state index is 0.484. The molecule has 0 amide bonds. The van der Waals surface area contributed by atoms with E-state index in [-0.39, 0.29) is 0 Å². The van der Waals surface area contributed by atoms with Gasteiger partial charge in [-0.25, -0.2) is 4.98 Å². The summed E-state index contributed by atoms with van der Waals surface area (Å²) in [6, 6.07) is 6.61. The third-order valence-electron chi connectivity index (χ3n) is 3.62. The van der Waals surface area contributed by atoms with E-state index in [4.69, 9.17) is 11.6 Å². The maximum absolute atomic E-state index is 6.04. The van der Waals surface area contributed by atoms with Crippen LogP contribution >= 0.6 is 11.6 Å². The molecule has 2 aromatic rings. The summed E-state index contributed by atoms with van der Waals surface area (Å²) in [5.41, 5.74) is 3.64. The van der Waals surface area contributed by atoms with Gasteiger partial charge in [0.25, 0.3) is 0 Å². The summed E-state index contributed by atoms with van der Waals surface area (Å²) in [5, 5.41) is 0. The molecular weight excluding hydrogens is 256 g/mol. The number of unbranched alkanes of at least 4 members (excludes halogenated alkanes) is 2. The summed E-state index contributed by atoms with van der Waals surface area (Å²) in [6.45, 7) is 7.67. The van der Waals surface area contributed by atoms with Crippen LogP contribution in [0.15, 0.2) is 18.2 Å². The number of alkyl halides is 1. The van der Waals surface area contributed by atoms with Gasteiger partial charge in [0.05, 0.1) is 16.9 Å². The van der Waals surface area contributed by atoms with E-state index >= 15 is 0 Å². The molecule has 3 heteroatoms. The van der Waals surface area contributed by atoms with E-state index in [1.54, 1.807) is 0 Å². The van der Waals surface area contributed by atoms with E-state index in [1.807, 2.05) is 0 Å². The number of hydrogen-bond acceptors (Lipinski definition) is 1. The molecule has 0 unspecified atom stereocenters. The normalized spacial score (nSPS) is 11.6. The van der Waals surface area contributed by atoms with E-state index < -0.39 is 0 Å². The average Bonchev–Trinajstić information content (AvgIpc) is 2.76. The molecular formula is C16H23ClN2. The van der Waals surface area contributed by atoms with Gasteiger partial charge in [0.1, 0.15) is 5.82 Å². The van der Waals surface area contributed by atoms with Crippen LogP contribution in [0.4, 0.5) is 0 Å².